The Morgan fingerprint density at radius 2 is 1.77 bits per heavy atom. The highest BCUT2D eigenvalue weighted by molar-refractivity contribution is 6.62. The molecular formula is C29H40BF3N6O4. The lowest BCUT2D eigenvalue weighted by molar-refractivity contribution is -0.137. The average Bonchev–Trinajstić information content (AvgIpc) is 3.14. The molecule has 2 aliphatic heterocycles. The third-order valence-electron chi connectivity index (χ3n) is 7.91. The quantitative estimate of drug-likeness (QED) is 0.217. The van der Waals surface area contributed by atoms with Crippen molar-refractivity contribution in [2.24, 2.45) is 17.2 Å². The molecule has 4 atom stereocenters. The summed E-state index contributed by atoms with van der Waals surface area (Å²) in [5, 5.41) is 15.7. The molecule has 0 aromatic heterocycles. The van der Waals surface area contributed by atoms with E-state index in [1.807, 2.05) is 13.8 Å². The molecule has 0 spiro atoms. The van der Waals surface area contributed by atoms with E-state index in [0.717, 1.165) is 24.1 Å². The SMILES string of the molecule is CC1(C)OB(O)c2cc(NC(=O)[C@@H](Cc3ccc(C(F)(F)F)cc3)NC(=O)[C@@H](N)CCCN3C[C@H](N)C[C@H](N)C3)ccc21. The van der Waals surface area contributed by atoms with Crippen LogP contribution in [-0.2, 0) is 32.4 Å². The van der Waals surface area contributed by atoms with Gasteiger partial charge in [0.25, 0.3) is 0 Å². The fourth-order valence-electron chi connectivity index (χ4n) is 5.71. The molecule has 2 aromatic carbocycles. The van der Waals surface area contributed by atoms with Crippen molar-refractivity contribution in [2.75, 3.05) is 25.0 Å². The van der Waals surface area contributed by atoms with Crippen molar-refractivity contribution in [1.29, 1.82) is 0 Å². The van der Waals surface area contributed by atoms with Crippen LogP contribution in [0.2, 0.25) is 0 Å². The number of amides is 2. The zero-order chi connectivity index (χ0) is 31.5. The van der Waals surface area contributed by atoms with Crippen LogP contribution in [0.25, 0.3) is 0 Å². The smallest absolute Gasteiger partial charge is 0.423 e. The number of alkyl halides is 3. The van der Waals surface area contributed by atoms with Gasteiger partial charge in [-0.05, 0) is 80.5 Å². The topological polar surface area (TPSA) is 169 Å². The highest BCUT2D eigenvalue weighted by atomic mass is 19.4. The number of hydrogen-bond acceptors (Lipinski definition) is 8. The van der Waals surface area contributed by atoms with E-state index in [2.05, 4.69) is 15.5 Å². The molecule has 0 bridgehead atoms. The summed E-state index contributed by atoms with van der Waals surface area (Å²) in [6.07, 6.45) is -2.86. The highest BCUT2D eigenvalue weighted by Gasteiger charge is 2.40. The van der Waals surface area contributed by atoms with Gasteiger partial charge in [0.1, 0.15) is 6.04 Å². The van der Waals surface area contributed by atoms with Gasteiger partial charge in [-0.25, -0.2) is 0 Å². The van der Waals surface area contributed by atoms with Gasteiger partial charge in [0.05, 0.1) is 17.2 Å². The van der Waals surface area contributed by atoms with E-state index in [-0.39, 0.29) is 18.5 Å². The second-order valence-corrected chi connectivity index (χ2v) is 12.0. The largest absolute Gasteiger partial charge is 0.492 e. The monoisotopic (exact) mass is 604 g/mol. The standard InChI is InChI=1S/C29H40BF3N6O4/c1-28(2)22-10-9-21(14-23(22)30(42)43-28)37-27(41)25(12-17-5-7-18(8-6-17)29(31,32)33)38-26(40)24(36)4-3-11-39-15-19(34)13-20(35)16-39/h5-10,14,19-20,24-25,42H,3-4,11-13,15-16,34-36H2,1-2H3,(H,37,41)(H,38,40)/t19-,20+,24-,25+/m0/s1. The lowest BCUT2D eigenvalue weighted by Gasteiger charge is -2.34. The van der Waals surface area contributed by atoms with Crippen molar-refractivity contribution in [3.63, 3.8) is 0 Å². The van der Waals surface area contributed by atoms with E-state index in [9.17, 15) is 27.8 Å². The highest BCUT2D eigenvalue weighted by Crippen LogP contribution is 2.31. The Bertz CT molecular complexity index is 1290. The van der Waals surface area contributed by atoms with Gasteiger partial charge < -0.3 is 42.4 Å². The number of nitrogens with one attached hydrogen (secondary N) is 2. The summed E-state index contributed by atoms with van der Waals surface area (Å²) < 4.78 is 44.8. The molecule has 14 heteroatoms. The van der Waals surface area contributed by atoms with Crippen LogP contribution in [0.5, 0.6) is 0 Å². The van der Waals surface area contributed by atoms with Crippen molar-refractivity contribution in [3.05, 3.63) is 59.2 Å². The Kier molecular flexibility index (Phi) is 10.2. The normalized spacial score (nSPS) is 21.7. The second-order valence-electron chi connectivity index (χ2n) is 12.0. The lowest BCUT2D eigenvalue weighted by atomic mass is 9.78. The summed E-state index contributed by atoms with van der Waals surface area (Å²) >= 11 is 0. The van der Waals surface area contributed by atoms with Gasteiger partial charge in [-0.2, -0.15) is 13.2 Å². The maximum Gasteiger partial charge on any atom is 0.492 e. The molecule has 0 saturated carbocycles. The molecule has 9 N–H and O–H groups in total. The summed E-state index contributed by atoms with van der Waals surface area (Å²) in [5.41, 5.74) is 18.8. The van der Waals surface area contributed by atoms with Gasteiger partial charge in [-0.3, -0.25) is 9.59 Å². The molecule has 2 heterocycles. The first-order chi connectivity index (χ1) is 20.1. The van der Waals surface area contributed by atoms with Crippen LogP contribution in [0.3, 0.4) is 0 Å². The van der Waals surface area contributed by atoms with Crippen LogP contribution in [0.4, 0.5) is 18.9 Å². The van der Waals surface area contributed by atoms with Gasteiger partial charge in [0.15, 0.2) is 0 Å². The number of halogens is 3. The molecule has 234 valence electrons. The van der Waals surface area contributed by atoms with Crippen molar-refractivity contribution < 1.29 is 32.4 Å². The molecule has 1 saturated heterocycles. The average molecular weight is 604 g/mol. The summed E-state index contributed by atoms with van der Waals surface area (Å²) in [6, 6.07) is 7.33. The van der Waals surface area contributed by atoms with Gasteiger partial charge in [-0.1, -0.05) is 18.2 Å². The molecular weight excluding hydrogens is 564 g/mol. The Morgan fingerprint density at radius 3 is 2.40 bits per heavy atom. The summed E-state index contributed by atoms with van der Waals surface area (Å²) in [6.45, 7) is 5.73. The Morgan fingerprint density at radius 1 is 1.12 bits per heavy atom. The third kappa shape index (κ3) is 8.55. The van der Waals surface area contributed by atoms with Crippen molar-refractivity contribution in [3.8, 4) is 0 Å². The zero-order valence-corrected chi connectivity index (χ0v) is 24.4. The number of nitrogens with zero attached hydrogens (tertiary/aromatic N) is 1. The van der Waals surface area contributed by atoms with E-state index in [0.29, 0.717) is 49.2 Å². The Hall–Kier alpha value is -3.01. The van der Waals surface area contributed by atoms with Crippen LogP contribution >= 0.6 is 0 Å². The fourth-order valence-corrected chi connectivity index (χ4v) is 5.71. The number of benzene rings is 2. The molecule has 2 amide bonds. The third-order valence-corrected chi connectivity index (χ3v) is 7.91. The molecule has 4 rings (SSSR count). The predicted octanol–water partition coefficient (Wildman–Crippen LogP) is 0.792. The van der Waals surface area contributed by atoms with Gasteiger partial charge >= 0.3 is 13.3 Å². The van der Waals surface area contributed by atoms with E-state index >= 15 is 0 Å². The first kappa shape index (κ1) is 32.9. The number of rotatable bonds is 10. The maximum absolute atomic E-state index is 13.4. The number of carbonyl (C=O) groups excluding carboxylic acids is 2. The first-order valence-corrected chi connectivity index (χ1v) is 14.4. The minimum atomic E-state index is -4.50. The molecule has 0 unspecified atom stereocenters. The van der Waals surface area contributed by atoms with Crippen LogP contribution < -0.4 is 33.3 Å². The molecule has 0 radical (unpaired) electrons. The number of hydrogen-bond donors (Lipinski definition) is 6. The minimum absolute atomic E-state index is 0.00172. The summed E-state index contributed by atoms with van der Waals surface area (Å²) in [7, 11) is -1.17. The fraction of sp³-hybridized carbons (Fsp3) is 0.517. The summed E-state index contributed by atoms with van der Waals surface area (Å²) in [4.78, 5) is 28.6. The Balaban J connectivity index is 1.43. The second kappa shape index (κ2) is 13.3. The predicted molar refractivity (Wildman–Crippen MR) is 158 cm³/mol. The molecule has 2 aromatic rings. The van der Waals surface area contributed by atoms with Crippen LogP contribution in [0, 0.1) is 0 Å². The van der Waals surface area contributed by atoms with E-state index < -0.39 is 48.4 Å². The van der Waals surface area contributed by atoms with Gasteiger partial charge in [-0.15, -0.1) is 0 Å². The molecule has 0 aliphatic carbocycles. The number of nitrogens with two attached hydrogens (primary N) is 3. The minimum Gasteiger partial charge on any atom is -0.423 e. The maximum atomic E-state index is 13.4. The Labute approximate surface area is 249 Å². The number of carbonyl (C=O) groups is 2. The number of likely N-dealkylation sites (tertiary alicyclic amines) is 1. The van der Waals surface area contributed by atoms with Gasteiger partial charge in [0.2, 0.25) is 11.8 Å². The first-order valence-electron chi connectivity index (χ1n) is 14.4. The van der Waals surface area contributed by atoms with E-state index in [1.165, 1.54) is 12.1 Å². The summed E-state index contributed by atoms with van der Waals surface area (Å²) in [5.74, 6) is -1.15. The van der Waals surface area contributed by atoms with E-state index in [1.54, 1.807) is 18.2 Å². The number of fused-ring (bicyclic) bond motifs is 1. The number of anilines is 1. The van der Waals surface area contributed by atoms with Crippen molar-refractivity contribution in [2.45, 2.75) is 75.5 Å². The van der Waals surface area contributed by atoms with Crippen LogP contribution in [0.15, 0.2) is 42.5 Å². The molecule has 1 fully saturated rings. The number of piperidine rings is 1. The van der Waals surface area contributed by atoms with E-state index in [4.69, 9.17) is 21.9 Å². The van der Waals surface area contributed by atoms with Crippen LogP contribution in [0.1, 0.15) is 49.8 Å². The van der Waals surface area contributed by atoms with Crippen molar-refractivity contribution >= 4 is 30.1 Å². The molecule has 43 heavy (non-hydrogen) atoms. The molecule has 10 nitrogen and oxygen atoms in total. The zero-order valence-electron chi connectivity index (χ0n) is 24.4. The van der Waals surface area contributed by atoms with Crippen molar-refractivity contribution in [1.82, 2.24) is 10.2 Å². The lowest BCUT2D eigenvalue weighted by Crippen LogP contribution is -2.53. The molecule has 2 aliphatic rings. The van der Waals surface area contributed by atoms with Gasteiger partial charge in [0, 0.05) is 37.3 Å². The van der Waals surface area contributed by atoms with Crippen LogP contribution in [-0.4, -0.2) is 72.7 Å².